The molecule has 0 aliphatic carbocycles. The fourth-order valence-electron chi connectivity index (χ4n) is 1.15. The van der Waals surface area contributed by atoms with Crippen LogP contribution in [0, 0.1) is 5.41 Å². The summed E-state index contributed by atoms with van der Waals surface area (Å²) in [5, 5.41) is 12.8. The van der Waals surface area contributed by atoms with Gasteiger partial charge in [-0.05, 0) is 18.4 Å². The Morgan fingerprint density at radius 1 is 1.25 bits per heavy atom. The minimum absolute atomic E-state index is 0.340. The molecule has 0 radical (unpaired) electrons. The molecule has 0 amide bonds. The van der Waals surface area contributed by atoms with Gasteiger partial charge < -0.3 is 19.9 Å². The van der Waals surface area contributed by atoms with Gasteiger partial charge >= 0.3 is 0 Å². The summed E-state index contributed by atoms with van der Waals surface area (Å²) in [6, 6.07) is 0. The highest BCUT2D eigenvalue weighted by molar-refractivity contribution is 4.65. The van der Waals surface area contributed by atoms with Gasteiger partial charge in [-0.2, -0.15) is 0 Å². The van der Waals surface area contributed by atoms with E-state index in [0.29, 0.717) is 31.8 Å². The standard InChI is InChI=1S/C12H27NO3/c1-12(2,3)5-6-13-9-11(14)10-16-8-7-15-4/h11,13-14H,5-10H2,1-4H3. The smallest absolute Gasteiger partial charge is 0.0897 e. The summed E-state index contributed by atoms with van der Waals surface area (Å²) in [7, 11) is 1.63. The average Bonchev–Trinajstić information content (AvgIpc) is 2.18. The minimum atomic E-state index is -0.433. The predicted molar refractivity (Wildman–Crippen MR) is 65.6 cm³/mol. The van der Waals surface area contributed by atoms with Crippen molar-refractivity contribution in [2.45, 2.75) is 33.3 Å². The Kier molecular flexibility index (Phi) is 8.84. The molecule has 0 rings (SSSR count). The Bertz CT molecular complexity index is 157. The van der Waals surface area contributed by atoms with Crippen molar-refractivity contribution in [3.05, 3.63) is 0 Å². The molecule has 0 aliphatic heterocycles. The van der Waals surface area contributed by atoms with E-state index < -0.39 is 6.10 Å². The fraction of sp³-hybridized carbons (Fsp3) is 1.00. The Hall–Kier alpha value is -0.160. The summed E-state index contributed by atoms with van der Waals surface area (Å²) in [6.07, 6.45) is 0.668. The molecule has 4 nitrogen and oxygen atoms in total. The first-order valence-corrected chi connectivity index (χ1v) is 5.91. The highest BCUT2D eigenvalue weighted by atomic mass is 16.5. The lowest BCUT2D eigenvalue weighted by molar-refractivity contribution is 0.0137. The van der Waals surface area contributed by atoms with E-state index in [4.69, 9.17) is 9.47 Å². The van der Waals surface area contributed by atoms with Crippen molar-refractivity contribution in [3.63, 3.8) is 0 Å². The van der Waals surface area contributed by atoms with Crippen molar-refractivity contribution < 1.29 is 14.6 Å². The van der Waals surface area contributed by atoms with Crippen LogP contribution in [0.1, 0.15) is 27.2 Å². The van der Waals surface area contributed by atoms with Gasteiger partial charge in [-0.1, -0.05) is 20.8 Å². The molecule has 16 heavy (non-hydrogen) atoms. The summed E-state index contributed by atoms with van der Waals surface area (Å²) < 4.78 is 10.1. The second-order valence-corrected chi connectivity index (χ2v) is 5.24. The van der Waals surface area contributed by atoms with E-state index in [0.717, 1.165) is 13.0 Å². The molecule has 0 spiro atoms. The fourth-order valence-corrected chi connectivity index (χ4v) is 1.15. The molecule has 0 saturated heterocycles. The number of aliphatic hydroxyl groups is 1. The van der Waals surface area contributed by atoms with Gasteiger partial charge in [-0.3, -0.25) is 0 Å². The zero-order valence-electron chi connectivity index (χ0n) is 11.1. The third-order valence-electron chi connectivity index (χ3n) is 2.17. The van der Waals surface area contributed by atoms with Crippen LogP contribution < -0.4 is 5.32 Å². The maximum absolute atomic E-state index is 9.55. The van der Waals surface area contributed by atoms with Gasteiger partial charge in [-0.25, -0.2) is 0 Å². The van der Waals surface area contributed by atoms with Crippen molar-refractivity contribution in [1.82, 2.24) is 5.32 Å². The number of methoxy groups -OCH3 is 1. The Morgan fingerprint density at radius 3 is 2.50 bits per heavy atom. The Labute approximate surface area is 99.3 Å². The van der Waals surface area contributed by atoms with Crippen molar-refractivity contribution in [3.8, 4) is 0 Å². The molecule has 1 atom stereocenters. The summed E-state index contributed by atoms with van der Waals surface area (Å²) in [5.74, 6) is 0. The molecule has 0 aliphatic rings. The first-order valence-electron chi connectivity index (χ1n) is 5.91. The number of hydrogen-bond donors (Lipinski definition) is 2. The third-order valence-corrected chi connectivity index (χ3v) is 2.17. The second kappa shape index (κ2) is 8.93. The van der Waals surface area contributed by atoms with Crippen LogP contribution in [-0.2, 0) is 9.47 Å². The molecule has 0 aromatic heterocycles. The largest absolute Gasteiger partial charge is 0.389 e. The Balaban J connectivity index is 3.27. The number of hydrogen-bond acceptors (Lipinski definition) is 4. The number of ether oxygens (including phenoxy) is 2. The van der Waals surface area contributed by atoms with Gasteiger partial charge in [0, 0.05) is 13.7 Å². The van der Waals surface area contributed by atoms with Crippen molar-refractivity contribution in [1.29, 1.82) is 0 Å². The molecular weight excluding hydrogens is 206 g/mol. The normalized spacial score (nSPS) is 14.1. The van der Waals surface area contributed by atoms with Crippen LogP contribution in [0.3, 0.4) is 0 Å². The molecule has 1 unspecified atom stereocenters. The van der Waals surface area contributed by atoms with E-state index in [2.05, 4.69) is 26.1 Å². The van der Waals surface area contributed by atoms with E-state index in [1.54, 1.807) is 7.11 Å². The highest BCUT2D eigenvalue weighted by Crippen LogP contribution is 2.16. The lowest BCUT2D eigenvalue weighted by Gasteiger charge is -2.19. The zero-order valence-corrected chi connectivity index (χ0v) is 11.1. The van der Waals surface area contributed by atoms with Crippen LogP contribution in [0.25, 0.3) is 0 Å². The zero-order chi connectivity index (χ0) is 12.4. The molecule has 0 fully saturated rings. The van der Waals surface area contributed by atoms with Crippen LogP contribution in [0.5, 0.6) is 0 Å². The molecule has 0 saturated carbocycles. The molecule has 98 valence electrons. The van der Waals surface area contributed by atoms with Crippen LogP contribution in [-0.4, -0.2) is 51.2 Å². The van der Waals surface area contributed by atoms with Gasteiger partial charge in [-0.15, -0.1) is 0 Å². The third kappa shape index (κ3) is 11.9. The molecule has 4 heteroatoms. The molecule has 0 heterocycles. The predicted octanol–water partition coefficient (Wildman–Crippen LogP) is 1.04. The molecule has 0 aromatic rings. The van der Waals surface area contributed by atoms with Crippen molar-refractivity contribution >= 4 is 0 Å². The summed E-state index contributed by atoms with van der Waals surface area (Å²) in [6.45, 7) is 9.62. The molecule has 2 N–H and O–H groups in total. The van der Waals surface area contributed by atoms with Crippen LogP contribution >= 0.6 is 0 Å². The number of nitrogens with one attached hydrogen (secondary N) is 1. The first-order chi connectivity index (χ1) is 7.45. The van der Waals surface area contributed by atoms with Crippen molar-refractivity contribution in [2.75, 3.05) is 40.0 Å². The Morgan fingerprint density at radius 2 is 1.94 bits per heavy atom. The number of aliphatic hydroxyl groups excluding tert-OH is 1. The van der Waals surface area contributed by atoms with E-state index in [1.165, 1.54) is 0 Å². The molecule has 0 bridgehead atoms. The summed E-state index contributed by atoms with van der Waals surface area (Å²) in [5.41, 5.74) is 0.340. The maximum atomic E-state index is 9.55. The first kappa shape index (κ1) is 15.8. The quantitative estimate of drug-likeness (QED) is 0.584. The van der Waals surface area contributed by atoms with Gasteiger partial charge in [0.1, 0.15) is 0 Å². The summed E-state index contributed by atoms with van der Waals surface area (Å²) in [4.78, 5) is 0. The van der Waals surface area contributed by atoms with E-state index in [9.17, 15) is 5.11 Å². The van der Waals surface area contributed by atoms with Crippen LogP contribution in [0.2, 0.25) is 0 Å². The van der Waals surface area contributed by atoms with Gasteiger partial charge in [0.2, 0.25) is 0 Å². The lowest BCUT2D eigenvalue weighted by Crippen LogP contribution is -2.32. The van der Waals surface area contributed by atoms with Crippen LogP contribution in [0.15, 0.2) is 0 Å². The molecule has 0 aromatic carbocycles. The minimum Gasteiger partial charge on any atom is -0.389 e. The molecular formula is C12H27NO3. The second-order valence-electron chi connectivity index (χ2n) is 5.24. The average molecular weight is 233 g/mol. The lowest BCUT2D eigenvalue weighted by atomic mass is 9.92. The van der Waals surface area contributed by atoms with E-state index in [1.807, 2.05) is 0 Å². The van der Waals surface area contributed by atoms with Crippen LogP contribution in [0.4, 0.5) is 0 Å². The monoisotopic (exact) mass is 233 g/mol. The topological polar surface area (TPSA) is 50.7 Å². The summed E-state index contributed by atoms with van der Waals surface area (Å²) >= 11 is 0. The maximum Gasteiger partial charge on any atom is 0.0897 e. The SMILES string of the molecule is COCCOCC(O)CNCCC(C)(C)C. The van der Waals surface area contributed by atoms with Crippen molar-refractivity contribution in [2.24, 2.45) is 5.41 Å². The highest BCUT2D eigenvalue weighted by Gasteiger charge is 2.09. The number of rotatable bonds is 9. The van der Waals surface area contributed by atoms with Gasteiger partial charge in [0.05, 0.1) is 25.9 Å². The van der Waals surface area contributed by atoms with Gasteiger partial charge in [0.25, 0.3) is 0 Å². The van der Waals surface area contributed by atoms with Gasteiger partial charge in [0.15, 0.2) is 0 Å². The van der Waals surface area contributed by atoms with E-state index >= 15 is 0 Å². The van der Waals surface area contributed by atoms with E-state index in [-0.39, 0.29) is 0 Å².